The van der Waals surface area contributed by atoms with E-state index in [0.29, 0.717) is 30.5 Å². The van der Waals surface area contributed by atoms with Crippen molar-refractivity contribution in [1.82, 2.24) is 5.32 Å². The summed E-state index contributed by atoms with van der Waals surface area (Å²) in [4.78, 5) is 0. The molecule has 0 aromatic heterocycles. The van der Waals surface area contributed by atoms with Gasteiger partial charge >= 0.3 is 0 Å². The van der Waals surface area contributed by atoms with E-state index in [2.05, 4.69) is 19.2 Å². The summed E-state index contributed by atoms with van der Waals surface area (Å²) in [7, 11) is 0. The standard InChI is InChI=1S/C16H25NO4/c1-11(2)7-16(3,19)9-17-8-13(18)12-4-5-14-15(6-12)21-10-20-14/h4-6,11,13,17-19H,7-10H2,1-3H3. The summed E-state index contributed by atoms with van der Waals surface area (Å²) in [6.07, 6.45) is 0.0782. The van der Waals surface area contributed by atoms with Crippen LogP contribution in [0.15, 0.2) is 18.2 Å². The van der Waals surface area contributed by atoms with Gasteiger partial charge in [-0.05, 0) is 37.0 Å². The van der Waals surface area contributed by atoms with Crippen LogP contribution in [0.3, 0.4) is 0 Å². The molecule has 5 heteroatoms. The average Bonchev–Trinajstić information content (AvgIpc) is 2.83. The Morgan fingerprint density at radius 2 is 2.00 bits per heavy atom. The topological polar surface area (TPSA) is 71.0 Å². The molecule has 0 spiro atoms. The Hall–Kier alpha value is -1.30. The molecular formula is C16H25NO4. The number of benzene rings is 1. The van der Waals surface area contributed by atoms with Crippen LogP contribution in [0.1, 0.15) is 38.9 Å². The Bertz CT molecular complexity index is 473. The third-order valence-corrected chi connectivity index (χ3v) is 3.47. The fraction of sp³-hybridized carbons (Fsp3) is 0.625. The maximum absolute atomic E-state index is 10.2. The second kappa shape index (κ2) is 6.64. The van der Waals surface area contributed by atoms with Crippen LogP contribution in [0.4, 0.5) is 0 Å². The maximum atomic E-state index is 10.2. The average molecular weight is 295 g/mol. The molecule has 1 aliphatic rings. The lowest BCUT2D eigenvalue weighted by Crippen LogP contribution is -2.40. The zero-order chi connectivity index (χ0) is 15.5. The summed E-state index contributed by atoms with van der Waals surface area (Å²) in [6, 6.07) is 5.42. The molecule has 118 valence electrons. The Kier molecular flexibility index (Phi) is 5.08. The van der Waals surface area contributed by atoms with Crippen molar-refractivity contribution in [3.8, 4) is 11.5 Å². The Balaban J connectivity index is 1.83. The molecule has 2 rings (SSSR count). The number of fused-ring (bicyclic) bond motifs is 1. The van der Waals surface area contributed by atoms with Gasteiger partial charge in [0.25, 0.3) is 0 Å². The summed E-state index contributed by atoms with van der Waals surface area (Å²) >= 11 is 0. The number of aliphatic hydroxyl groups is 2. The fourth-order valence-corrected chi connectivity index (χ4v) is 2.67. The third-order valence-electron chi connectivity index (χ3n) is 3.47. The summed E-state index contributed by atoms with van der Waals surface area (Å²) in [5.74, 6) is 1.80. The van der Waals surface area contributed by atoms with Gasteiger partial charge in [0.15, 0.2) is 11.5 Å². The quantitative estimate of drug-likeness (QED) is 0.716. The van der Waals surface area contributed by atoms with Crippen LogP contribution in [0, 0.1) is 5.92 Å². The van der Waals surface area contributed by atoms with Crippen molar-refractivity contribution in [3.63, 3.8) is 0 Å². The van der Waals surface area contributed by atoms with Gasteiger partial charge in [-0.2, -0.15) is 0 Å². The Labute approximate surface area is 125 Å². The Morgan fingerprint density at radius 3 is 2.71 bits per heavy atom. The van der Waals surface area contributed by atoms with E-state index in [0.717, 1.165) is 12.0 Å². The van der Waals surface area contributed by atoms with Crippen LogP contribution in [-0.2, 0) is 0 Å². The number of ether oxygens (including phenoxy) is 2. The summed E-state index contributed by atoms with van der Waals surface area (Å²) < 4.78 is 10.5. The lowest BCUT2D eigenvalue weighted by atomic mass is 9.94. The van der Waals surface area contributed by atoms with Crippen molar-refractivity contribution in [1.29, 1.82) is 0 Å². The number of hydrogen-bond acceptors (Lipinski definition) is 5. The highest BCUT2D eigenvalue weighted by molar-refractivity contribution is 5.45. The van der Waals surface area contributed by atoms with E-state index in [1.54, 1.807) is 12.1 Å². The second-order valence-corrected chi connectivity index (χ2v) is 6.35. The summed E-state index contributed by atoms with van der Waals surface area (Å²) in [6.45, 7) is 7.03. The third kappa shape index (κ3) is 4.59. The van der Waals surface area contributed by atoms with Gasteiger partial charge in [0.2, 0.25) is 6.79 Å². The SMILES string of the molecule is CC(C)CC(C)(O)CNCC(O)c1ccc2c(c1)OCO2. The molecule has 1 aromatic carbocycles. The van der Waals surface area contributed by atoms with E-state index in [1.807, 2.05) is 13.0 Å². The Morgan fingerprint density at radius 1 is 1.29 bits per heavy atom. The van der Waals surface area contributed by atoms with Crippen LogP contribution >= 0.6 is 0 Å². The van der Waals surface area contributed by atoms with E-state index in [1.165, 1.54) is 0 Å². The highest BCUT2D eigenvalue weighted by Gasteiger charge is 2.22. The number of hydrogen-bond donors (Lipinski definition) is 3. The maximum Gasteiger partial charge on any atom is 0.231 e. The molecule has 2 atom stereocenters. The molecular weight excluding hydrogens is 270 g/mol. The molecule has 21 heavy (non-hydrogen) atoms. The van der Waals surface area contributed by atoms with Gasteiger partial charge in [-0.3, -0.25) is 0 Å². The van der Waals surface area contributed by atoms with Gasteiger partial charge in [0, 0.05) is 13.1 Å². The minimum atomic E-state index is -0.761. The molecule has 5 nitrogen and oxygen atoms in total. The summed E-state index contributed by atoms with van der Waals surface area (Å²) in [5, 5.41) is 23.5. The first kappa shape index (κ1) is 16.1. The van der Waals surface area contributed by atoms with Crippen molar-refractivity contribution in [2.24, 2.45) is 5.92 Å². The molecule has 1 aromatic rings. The van der Waals surface area contributed by atoms with E-state index < -0.39 is 11.7 Å². The van der Waals surface area contributed by atoms with Crippen molar-refractivity contribution >= 4 is 0 Å². The van der Waals surface area contributed by atoms with Gasteiger partial charge in [0.1, 0.15) is 0 Å². The van der Waals surface area contributed by atoms with E-state index in [9.17, 15) is 10.2 Å². The lowest BCUT2D eigenvalue weighted by molar-refractivity contribution is 0.0352. The fourth-order valence-electron chi connectivity index (χ4n) is 2.67. The van der Waals surface area contributed by atoms with Gasteiger partial charge in [-0.1, -0.05) is 19.9 Å². The minimum Gasteiger partial charge on any atom is -0.454 e. The normalized spacial score (nSPS) is 17.8. The van der Waals surface area contributed by atoms with Crippen LogP contribution in [0.5, 0.6) is 11.5 Å². The molecule has 0 saturated carbocycles. The van der Waals surface area contributed by atoms with Gasteiger partial charge < -0.3 is 25.0 Å². The van der Waals surface area contributed by atoms with Crippen LogP contribution in [-0.4, -0.2) is 35.7 Å². The number of nitrogens with one attached hydrogen (secondary N) is 1. The zero-order valence-electron chi connectivity index (χ0n) is 12.9. The minimum absolute atomic E-state index is 0.227. The van der Waals surface area contributed by atoms with E-state index >= 15 is 0 Å². The van der Waals surface area contributed by atoms with Crippen LogP contribution < -0.4 is 14.8 Å². The first-order valence-corrected chi connectivity index (χ1v) is 7.38. The lowest BCUT2D eigenvalue weighted by Gasteiger charge is -2.26. The monoisotopic (exact) mass is 295 g/mol. The van der Waals surface area contributed by atoms with Crippen molar-refractivity contribution in [3.05, 3.63) is 23.8 Å². The molecule has 1 heterocycles. The molecule has 1 aliphatic heterocycles. The second-order valence-electron chi connectivity index (χ2n) is 6.35. The van der Waals surface area contributed by atoms with Crippen molar-refractivity contribution in [2.75, 3.05) is 19.9 Å². The van der Waals surface area contributed by atoms with Gasteiger partial charge in [0.05, 0.1) is 11.7 Å². The van der Waals surface area contributed by atoms with Gasteiger partial charge in [-0.15, -0.1) is 0 Å². The van der Waals surface area contributed by atoms with Crippen molar-refractivity contribution < 1.29 is 19.7 Å². The molecule has 2 unspecified atom stereocenters. The molecule has 0 amide bonds. The molecule has 0 saturated heterocycles. The smallest absolute Gasteiger partial charge is 0.231 e. The van der Waals surface area contributed by atoms with Gasteiger partial charge in [-0.25, -0.2) is 0 Å². The molecule has 0 radical (unpaired) electrons. The van der Waals surface area contributed by atoms with Crippen LogP contribution in [0.2, 0.25) is 0 Å². The number of aliphatic hydroxyl groups excluding tert-OH is 1. The predicted octanol–water partition coefficient (Wildman–Crippen LogP) is 1.84. The highest BCUT2D eigenvalue weighted by Crippen LogP contribution is 2.34. The van der Waals surface area contributed by atoms with Crippen molar-refractivity contribution in [2.45, 2.75) is 38.9 Å². The van der Waals surface area contributed by atoms with E-state index in [4.69, 9.17) is 9.47 Å². The zero-order valence-corrected chi connectivity index (χ0v) is 12.9. The molecule has 3 N–H and O–H groups in total. The predicted molar refractivity (Wildman–Crippen MR) is 80.5 cm³/mol. The molecule has 0 fully saturated rings. The molecule has 0 bridgehead atoms. The van der Waals surface area contributed by atoms with E-state index in [-0.39, 0.29) is 6.79 Å². The number of rotatable bonds is 7. The first-order chi connectivity index (χ1) is 9.87. The highest BCUT2D eigenvalue weighted by atomic mass is 16.7. The summed E-state index contributed by atoms with van der Waals surface area (Å²) in [5.41, 5.74) is 0.0122. The molecule has 0 aliphatic carbocycles. The first-order valence-electron chi connectivity index (χ1n) is 7.38. The van der Waals surface area contributed by atoms with Crippen LogP contribution in [0.25, 0.3) is 0 Å². The largest absolute Gasteiger partial charge is 0.454 e.